The van der Waals surface area contributed by atoms with E-state index in [1.807, 2.05) is 6.92 Å². The summed E-state index contributed by atoms with van der Waals surface area (Å²) in [5.41, 5.74) is 1.63. The van der Waals surface area contributed by atoms with E-state index in [4.69, 9.17) is 16.3 Å². The number of methoxy groups -OCH3 is 1. The van der Waals surface area contributed by atoms with E-state index in [0.29, 0.717) is 16.5 Å². The lowest BCUT2D eigenvalue weighted by Crippen LogP contribution is -2.13. The highest BCUT2D eigenvalue weighted by Gasteiger charge is 2.13. The Labute approximate surface area is 122 Å². The van der Waals surface area contributed by atoms with Gasteiger partial charge in [0.25, 0.3) is 5.91 Å². The molecule has 0 saturated heterocycles. The van der Waals surface area contributed by atoms with Crippen LogP contribution in [0.2, 0.25) is 5.02 Å². The van der Waals surface area contributed by atoms with Gasteiger partial charge in [-0.2, -0.15) is 0 Å². The van der Waals surface area contributed by atoms with Gasteiger partial charge in [-0.05, 0) is 48.9 Å². The van der Waals surface area contributed by atoms with Crippen LogP contribution >= 0.6 is 11.6 Å². The Morgan fingerprint density at radius 1 is 1.25 bits per heavy atom. The number of aryl methyl sites for hydroxylation is 1. The van der Waals surface area contributed by atoms with Crippen LogP contribution in [0.15, 0.2) is 36.4 Å². The van der Waals surface area contributed by atoms with Gasteiger partial charge < -0.3 is 15.2 Å². The maximum absolute atomic E-state index is 12.2. The van der Waals surface area contributed by atoms with Crippen molar-refractivity contribution in [2.24, 2.45) is 0 Å². The summed E-state index contributed by atoms with van der Waals surface area (Å²) in [6.07, 6.45) is 0. The monoisotopic (exact) mass is 291 g/mol. The van der Waals surface area contributed by atoms with Crippen LogP contribution in [0.25, 0.3) is 0 Å². The first kappa shape index (κ1) is 14.2. The fraction of sp³-hybridized carbons (Fsp3) is 0.133. The molecule has 0 saturated carbocycles. The van der Waals surface area contributed by atoms with Crippen LogP contribution in [-0.2, 0) is 0 Å². The molecule has 4 nitrogen and oxygen atoms in total. The van der Waals surface area contributed by atoms with Crippen LogP contribution < -0.4 is 10.1 Å². The second-order valence-corrected chi connectivity index (χ2v) is 4.73. The lowest BCUT2D eigenvalue weighted by molar-refractivity contribution is 0.102. The topological polar surface area (TPSA) is 58.6 Å². The lowest BCUT2D eigenvalue weighted by Gasteiger charge is -2.10. The largest absolute Gasteiger partial charge is 0.507 e. The second kappa shape index (κ2) is 5.84. The average Bonchev–Trinajstić information content (AvgIpc) is 2.42. The van der Waals surface area contributed by atoms with E-state index in [0.717, 1.165) is 5.56 Å². The van der Waals surface area contributed by atoms with Crippen molar-refractivity contribution in [2.75, 3.05) is 12.4 Å². The molecule has 0 spiro atoms. The van der Waals surface area contributed by atoms with Crippen LogP contribution in [0.1, 0.15) is 15.9 Å². The van der Waals surface area contributed by atoms with E-state index in [9.17, 15) is 9.90 Å². The second-order valence-electron chi connectivity index (χ2n) is 4.30. The average molecular weight is 292 g/mol. The van der Waals surface area contributed by atoms with Crippen LogP contribution in [-0.4, -0.2) is 18.1 Å². The van der Waals surface area contributed by atoms with Gasteiger partial charge in [-0.25, -0.2) is 0 Å². The molecular formula is C15H14ClNO3. The minimum absolute atomic E-state index is 0.102. The standard InChI is InChI=1S/C15H14ClNO3/c1-9-7-10(16)3-5-13(9)17-15(19)12-8-11(20-2)4-6-14(12)18/h3-8,18H,1-2H3,(H,17,19). The molecule has 20 heavy (non-hydrogen) atoms. The molecule has 0 bridgehead atoms. The highest BCUT2D eigenvalue weighted by molar-refractivity contribution is 6.30. The number of hydrogen-bond acceptors (Lipinski definition) is 3. The number of nitrogens with one attached hydrogen (secondary N) is 1. The number of halogens is 1. The number of rotatable bonds is 3. The fourth-order valence-electron chi connectivity index (χ4n) is 1.78. The highest BCUT2D eigenvalue weighted by Crippen LogP contribution is 2.25. The first-order valence-electron chi connectivity index (χ1n) is 5.96. The van der Waals surface area contributed by atoms with Gasteiger partial charge in [-0.3, -0.25) is 4.79 Å². The number of anilines is 1. The van der Waals surface area contributed by atoms with Crippen molar-refractivity contribution >= 4 is 23.2 Å². The van der Waals surface area contributed by atoms with E-state index >= 15 is 0 Å². The van der Waals surface area contributed by atoms with Crippen molar-refractivity contribution in [1.82, 2.24) is 0 Å². The van der Waals surface area contributed by atoms with Gasteiger partial charge >= 0.3 is 0 Å². The summed E-state index contributed by atoms with van der Waals surface area (Å²) in [4.78, 5) is 12.2. The minimum atomic E-state index is -0.410. The Hall–Kier alpha value is -2.20. The molecule has 2 aromatic rings. The van der Waals surface area contributed by atoms with E-state index in [1.54, 1.807) is 24.3 Å². The molecule has 1 amide bonds. The van der Waals surface area contributed by atoms with E-state index in [1.165, 1.54) is 19.2 Å². The number of carbonyl (C=O) groups excluding carboxylic acids is 1. The summed E-state index contributed by atoms with van der Waals surface area (Å²) in [6, 6.07) is 9.64. The third kappa shape index (κ3) is 3.03. The first-order chi connectivity index (χ1) is 9.51. The van der Waals surface area contributed by atoms with Crippen LogP contribution in [0.3, 0.4) is 0 Å². The van der Waals surface area contributed by atoms with Gasteiger partial charge in [-0.1, -0.05) is 11.6 Å². The molecule has 104 valence electrons. The van der Waals surface area contributed by atoms with Crippen LogP contribution in [0.5, 0.6) is 11.5 Å². The zero-order valence-corrected chi connectivity index (χ0v) is 11.9. The van der Waals surface area contributed by atoms with Gasteiger partial charge in [0, 0.05) is 10.7 Å². The maximum atomic E-state index is 12.2. The Morgan fingerprint density at radius 2 is 2.00 bits per heavy atom. The smallest absolute Gasteiger partial charge is 0.259 e. The van der Waals surface area contributed by atoms with Crippen molar-refractivity contribution in [1.29, 1.82) is 0 Å². The number of aromatic hydroxyl groups is 1. The lowest BCUT2D eigenvalue weighted by atomic mass is 10.1. The number of ether oxygens (including phenoxy) is 1. The molecule has 0 aliphatic carbocycles. The first-order valence-corrected chi connectivity index (χ1v) is 6.33. The SMILES string of the molecule is COc1ccc(O)c(C(=O)Nc2ccc(Cl)cc2C)c1. The van der Waals surface area contributed by atoms with E-state index in [2.05, 4.69) is 5.32 Å². The molecule has 0 aromatic heterocycles. The fourth-order valence-corrected chi connectivity index (χ4v) is 2.01. The Kier molecular flexibility index (Phi) is 4.15. The third-order valence-electron chi connectivity index (χ3n) is 2.88. The summed E-state index contributed by atoms with van der Waals surface area (Å²) < 4.78 is 5.04. The number of hydrogen-bond donors (Lipinski definition) is 2. The number of phenols is 1. The van der Waals surface area contributed by atoms with Crippen molar-refractivity contribution < 1.29 is 14.6 Å². The maximum Gasteiger partial charge on any atom is 0.259 e. The summed E-state index contributed by atoms with van der Waals surface area (Å²) in [5.74, 6) is -0.0116. The summed E-state index contributed by atoms with van der Waals surface area (Å²) in [6.45, 7) is 1.84. The molecule has 2 rings (SSSR count). The number of carbonyl (C=O) groups is 1. The van der Waals surface area contributed by atoms with Crippen molar-refractivity contribution in [2.45, 2.75) is 6.92 Å². The molecule has 5 heteroatoms. The molecule has 0 unspecified atom stereocenters. The summed E-state index contributed by atoms with van der Waals surface area (Å²) >= 11 is 5.87. The zero-order chi connectivity index (χ0) is 14.7. The van der Waals surface area contributed by atoms with Gasteiger partial charge in [-0.15, -0.1) is 0 Å². The quantitative estimate of drug-likeness (QED) is 0.908. The Balaban J connectivity index is 2.28. The number of amides is 1. The van der Waals surface area contributed by atoms with Gasteiger partial charge in [0.1, 0.15) is 11.5 Å². The Bertz CT molecular complexity index is 656. The molecule has 0 fully saturated rings. The van der Waals surface area contributed by atoms with Gasteiger partial charge in [0.2, 0.25) is 0 Å². The third-order valence-corrected chi connectivity index (χ3v) is 3.12. The normalized spacial score (nSPS) is 10.2. The Morgan fingerprint density at radius 3 is 2.65 bits per heavy atom. The highest BCUT2D eigenvalue weighted by atomic mass is 35.5. The van der Waals surface area contributed by atoms with Crippen LogP contribution in [0, 0.1) is 6.92 Å². The van der Waals surface area contributed by atoms with Crippen molar-refractivity contribution in [3.63, 3.8) is 0 Å². The molecule has 0 heterocycles. The predicted octanol–water partition coefficient (Wildman–Crippen LogP) is 3.61. The van der Waals surface area contributed by atoms with Gasteiger partial charge in [0.05, 0.1) is 12.7 Å². The van der Waals surface area contributed by atoms with Crippen molar-refractivity contribution in [3.05, 3.63) is 52.5 Å². The molecule has 0 aliphatic heterocycles. The predicted molar refractivity (Wildman–Crippen MR) is 78.8 cm³/mol. The van der Waals surface area contributed by atoms with E-state index < -0.39 is 5.91 Å². The minimum Gasteiger partial charge on any atom is -0.507 e. The van der Waals surface area contributed by atoms with Crippen molar-refractivity contribution in [3.8, 4) is 11.5 Å². The molecule has 2 aromatic carbocycles. The summed E-state index contributed by atoms with van der Waals surface area (Å²) in [5, 5.41) is 13.1. The number of phenolic OH excluding ortho intramolecular Hbond substituents is 1. The summed E-state index contributed by atoms with van der Waals surface area (Å²) in [7, 11) is 1.50. The molecule has 2 N–H and O–H groups in total. The van der Waals surface area contributed by atoms with Gasteiger partial charge in [0.15, 0.2) is 0 Å². The van der Waals surface area contributed by atoms with E-state index in [-0.39, 0.29) is 11.3 Å². The molecule has 0 radical (unpaired) electrons. The van der Waals surface area contributed by atoms with Crippen LogP contribution in [0.4, 0.5) is 5.69 Å². The molecular weight excluding hydrogens is 278 g/mol. The molecule has 0 atom stereocenters. The number of benzene rings is 2. The molecule has 0 aliphatic rings. The zero-order valence-electron chi connectivity index (χ0n) is 11.1.